The molecule has 2 aromatic rings. The van der Waals surface area contributed by atoms with Gasteiger partial charge in [-0.3, -0.25) is 5.01 Å². The zero-order valence-electron chi connectivity index (χ0n) is 10.2. The highest BCUT2D eigenvalue weighted by Crippen LogP contribution is 2.30. The van der Waals surface area contributed by atoms with E-state index in [1.165, 1.54) is 0 Å². The maximum Gasteiger partial charge on any atom is 0.138 e. The lowest BCUT2D eigenvalue weighted by atomic mass is 10.2. The number of hydrogen-bond acceptors (Lipinski definition) is 3. The lowest BCUT2D eigenvalue weighted by molar-refractivity contribution is 0.471. The monoisotopic (exact) mass is 382 g/mol. The highest BCUT2D eigenvalue weighted by Gasteiger charge is 2.05. The molecule has 0 aliphatic heterocycles. The van der Waals surface area contributed by atoms with Crippen LogP contribution < -0.4 is 5.01 Å². The first-order valence-electron chi connectivity index (χ1n) is 5.58. The summed E-state index contributed by atoms with van der Waals surface area (Å²) in [5, 5.41) is 16.0. The average molecular weight is 384 g/mol. The molecule has 2 aromatic carbocycles. The van der Waals surface area contributed by atoms with Crippen LogP contribution in [0.4, 0.5) is 5.69 Å². The summed E-state index contributed by atoms with van der Waals surface area (Å²) in [5.74, 6) is 0.174. The van der Waals surface area contributed by atoms with Crippen molar-refractivity contribution in [1.82, 2.24) is 0 Å². The molecule has 2 rings (SSSR count). The number of hydrogen-bond donors (Lipinski definition) is 1. The largest absolute Gasteiger partial charge is 0.506 e. The van der Waals surface area contributed by atoms with Crippen LogP contribution in [0.1, 0.15) is 5.56 Å². The Kier molecular flexibility index (Phi) is 4.61. The number of phenolic OH excluding ortho intramolecular Hbond substituents is 1. The third kappa shape index (κ3) is 3.58. The van der Waals surface area contributed by atoms with Crippen LogP contribution in [0.5, 0.6) is 5.75 Å². The summed E-state index contributed by atoms with van der Waals surface area (Å²) in [6, 6.07) is 13.4. The van der Waals surface area contributed by atoms with Gasteiger partial charge >= 0.3 is 0 Å². The number of anilines is 1. The van der Waals surface area contributed by atoms with Gasteiger partial charge in [0.15, 0.2) is 0 Å². The Bertz CT molecular complexity index is 600. The van der Waals surface area contributed by atoms with E-state index in [1.54, 1.807) is 17.3 Å². The number of hydrazone groups is 1. The van der Waals surface area contributed by atoms with Gasteiger partial charge < -0.3 is 5.11 Å². The lowest BCUT2D eigenvalue weighted by Gasteiger charge is -2.12. The van der Waals surface area contributed by atoms with Gasteiger partial charge in [-0.25, -0.2) is 0 Å². The molecule has 0 saturated carbocycles. The van der Waals surface area contributed by atoms with Gasteiger partial charge in [0.2, 0.25) is 0 Å². The molecule has 0 unspecified atom stereocenters. The van der Waals surface area contributed by atoms with Crippen LogP contribution in [0, 0.1) is 0 Å². The first kappa shape index (κ1) is 14.1. The van der Waals surface area contributed by atoms with Crippen LogP contribution in [-0.4, -0.2) is 18.4 Å². The van der Waals surface area contributed by atoms with E-state index in [9.17, 15) is 5.11 Å². The van der Waals surface area contributed by atoms with Gasteiger partial charge in [-0.05, 0) is 40.2 Å². The third-order valence-electron chi connectivity index (χ3n) is 2.56. The van der Waals surface area contributed by atoms with E-state index in [1.807, 2.05) is 43.4 Å². The Hall–Kier alpha value is -1.33. The SMILES string of the molecule is CN(/N=C\c1cc(Br)cc(Br)c1O)c1ccccc1. The summed E-state index contributed by atoms with van der Waals surface area (Å²) < 4.78 is 1.51. The van der Waals surface area contributed by atoms with E-state index < -0.39 is 0 Å². The number of rotatable bonds is 3. The van der Waals surface area contributed by atoms with Crippen LogP contribution in [0.2, 0.25) is 0 Å². The Morgan fingerprint density at radius 2 is 1.84 bits per heavy atom. The van der Waals surface area contributed by atoms with Gasteiger partial charge in [0.05, 0.1) is 16.4 Å². The van der Waals surface area contributed by atoms with E-state index in [-0.39, 0.29) is 5.75 Å². The summed E-state index contributed by atoms with van der Waals surface area (Å²) in [7, 11) is 1.86. The smallest absolute Gasteiger partial charge is 0.138 e. The number of benzene rings is 2. The minimum absolute atomic E-state index is 0.174. The van der Waals surface area contributed by atoms with E-state index in [0.29, 0.717) is 10.0 Å². The van der Waals surface area contributed by atoms with Crippen LogP contribution in [0.25, 0.3) is 0 Å². The maximum atomic E-state index is 9.93. The minimum atomic E-state index is 0.174. The van der Waals surface area contributed by atoms with Crippen molar-refractivity contribution in [3.63, 3.8) is 0 Å². The van der Waals surface area contributed by atoms with Crippen molar-refractivity contribution >= 4 is 43.8 Å². The van der Waals surface area contributed by atoms with E-state index in [0.717, 1.165) is 10.2 Å². The average Bonchev–Trinajstić information content (AvgIpc) is 2.41. The molecule has 0 amide bonds. The van der Waals surface area contributed by atoms with Crippen LogP contribution in [-0.2, 0) is 0 Å². The quantitative estimate of drug-likeness (QED) is 0.630. The molecule has 0 aliphatic carbocycles. The fourth-order valence-electron chi connectivity index (χ4n) is 1.54. The predicted octanol–water partition coefficient (Wildman–Crippen LogP) is 4.39. The standard InChI is InChI=1S/C14H12Br2N2O/c1-18(12-5-3-2-4-6-12)17-9-10-7-11(15)8-13(16)14(10)19/h2-9,19H,1H3/b17-9-. The van der Waals surface area contributed by atoms with Crippen molar-refractivity contribution in [3.8, 4) is 5.75 Å². The van der Waals surface area contributed by atoms with Gasteiger partial charge in [0.25, 0.3) is 0 Å². The summed E-state index contributed by atoms with van der Waals surface area (Å²) in [6.07, 6.45) is 1.62. The van der Waals surface area contributed by atoms with Crippen molar-refractivity contribution in [2.24, 2.45) is 5.10 Å². The summed E-state index contributed by atoms with van der Waals surface area (Å²) in [4.78, 5) is 0. The fraction of sp³-hybridized carbons (Fsp3) is 0.0714. The molecule has 19 heavy (non-hydrogen) atoms. The molecule has 0 saturated heterocycles. The highest BCUT2D eigenvalue weighted by molar-refractivity contribution is 9.11. The zero-order valence-corrected chi connectivity index (χ0v) is 13.4. The topological polar surface area (TPSA) is 35.8 Å². The van der Waals surface area contributed by atoms with Crippen molar-refractivity contribution < 1.29 is 5.11 Å². The molecular weight excluding hydrogens is 372 g/mol. The Balaban J connectivity index is 2.24. The van der Waals surface area contributed by atoms with Crippen molar-refractivity contribution in [2.75, 3.05) is 12.1 Å². The Morgan fingerprint density at radius 3 is 2.53 bits per heavy atom. The molecular formula is C14H12Br2N2O. The van der Waals surface area contributed by atoms with Gasteiger partial charge in [0, 0.05) is 17.1 Å². The predicted molar refractivity (Wildman–Crippen MR) is 85.9 cm³/mol. The van der Waals surface area contributed by atoms with Gasteiger partial charge in [0.1, 0.15) is 5.75 Å². The second-order valence-electron chi connectivity index (χ2n) is 3.93. The normalized spacial score (nSPS) is 10.9. The number of aromatic hydroxyl groups is 1. The summed E-state index contributed by atoms with van der Waals surface area (Å²) in [6.45, 7) is 0. The molecule has 0 aromatic heterocycles. The third-order valence-corrected chi connectivity index (χ3v) is 3.62. The van der Waals surface area contributed by atoms with Crippen molar-refractivity contribution in [2.45, 2.75) is 0 Å². The molecule has 98 valence electrons. The minimum Gasteiger partial charge on any atom is -0.506 e. The number of halogens is 2. The molecule has 0 heterocycles. The van der Waals surface area contributed by atoms with E-state index in [2.05, 4.69) is 37.0 Å². The summed E-state index contributed by atoms with van der Waals surface area (Å²) >= 11 is 6.68. The number of phenols is 1. The first-order chi connectivity index (χ1) is 9.08. The first-order valence-corrected chi connectivity index (χ1v) is 7.17. The highest BCUT2D eigenvalue weighted by atomic mass is 79.9. The maximum absolute atomic E-state index is 9.93. The van der Waals surface area contributed by atoms with Gasteiger partial charge in [-0.1, -0.05) is 34.1 Å². The molecule has 0 atom stereocenters. The lowest BCUT2D eigenvalue weighted by Crippen LogP contribution is -2.08. The van der Waals surface area contributed by atoms with Crippen LogP contribution in [0.15, 0.2) is 56.5 Å². The molecule has 0 spiro atoms. The molecule has 3 nitrogen and oxygen atoms in total. The molecule has 1 N–H and O–H groups in total. The number of nitrogens with zero attached hydrogens (tertiary/aromatic N) is 2. The van der Waals surface area contributed by atoms with Gasteiger partial charge in [-0.15, -0.1) is 0 Å². The molecule has 0 aliphatic rings. The summed E-state index contributed by atoms with van der Waals surface area (Å²) in [5.41, 5.74) is 1.62. The van der Waals surface area contributed by atoms with Crippen LogP contribution in [0.3, 0.4) is 0 Å². The Labute approximate surface area is 128 Å². The molecule has 0 fully saturated rings. The molecule has 0 bridgehead atoms. The zero-order chi connectivity index (χ0) is 13.8. The van der Waals surface area contributed by atoms with Crippen LogP contribution >= 0.6 is 31.9 Å². The second kappa shape index (κ2) is 6.21. The number of para-hydroxylation sites is 1. The molecule has 0 radical (unpaired) electrons. The van der Waals surface area contributed by atoms with Gasteiger partial charge in [-0.2, -0.15) is 5.10 Å². The van der Waals surface area contributed by atoms with E-state index in [4.69, 9.17) is 0 Å². The fourth-order valence-corrected chi connectivity index (χ4v) is 2.80. The Morgan fingerprint density at radius 1 is 1.16 bits per heavy atom. The van der Waals surface area contributed by atoms with Crippen molar-refractivity contribution in [1.29, 1.82) is 0 Å². The second-order valence-corrected chi connectivity index (χ2v) is 5.70. The molecule has 5 heteroatoms. The van der Waals surface area contributed by atoms with E-state index >= 15 is 0 Å². The van der Waals surface area contributed by atoms with Crippen molar-refractivity contribution in [3.05, 3.63) is 57.0 Å².